The summed E-state index contributed by atoms with van der Waals surface area (Å²) in [6, 6.07) is 13.8. The maximum atomic E-state index is 13.6. The van der Waals surface area contributed by atoms with Crippen LogP contribution >= 0.6 is 11.6 Å². The van der Waals surface area contributed by atoms with Crippen molar-refractivity contribution in [2.45, 2.75) is 19.5 Å². The van der Waals surface area contributed by atoms with Gasteiger partial charge in [-0.05, 0) is 42.8 Å². The highest BCUT2D eigenvalue weighted by Gasteiger charge is 2.32. The Bertz CT molecular complexity index is 1150. The van der Waals surface area contributed by atoms with Gasteiger partial charge in [-0.25, -0.2) is 9.48 Å². The molecule has 3 amide bonds. The van der Waals surface area contributed by atoms with Crippen molar-refractivity contribution in [1.82, 2.24) is 20.0 Å². The average molecular weight is 452 g/mol. The molecular weight excluding hydrogens is 430 g/mol. The Hall–Kier alpha value is -3.65. The molecule has 2 heterocycles. The van der Waals surface area contributed by atoms with Crippen molar-refractivity contribution in [3.05, 3.63) is 77.1 Å². The zero-order chi connectivity index (χ0) is 22.7. The number of nitrogens with zero attached hydrogens (tertiary/aromatic N) is 4. The minimum Gasteiger partial charge on any atom is -0.331 e. The van der Waals surface area contributed by atoms with Gasteiger partial charge in [0.25, 0.3) is 5.91 Å². The molecule has 0 aliphatic carbocycles. The van der Waals surface area contributed by atoms with Crippen molar-refractivity contribution < 1.29 is 14.4 Å². The molecule has 0 radical (unpaired) electrons. The normalized spacial score (nSPS) is 15.6. The molecule has 0 spiro atoms. The topological polar surface area (TPSA) is 87.5 Å². The summed E-state index contributed by atoms with van der Waals surface area (Å²) in [7, 11) is 0. The van der Waals surface area contributed by atoms with Crippen LogP contribution in [0.4, 0.5) is 10.5 Å². The number of carbonyl (C=O) groups excluding carboxylic acids is 3. The second kappa shape index (κ2) is 9.23. The molecule has 0 saturated heterocycles. The Morgan fingerprint density at radius 1 is 1.22 bits per heavy atom. The fourth-order valence-corrected chi connectivity index (χ4v) is 4.05. The van der Waals surface area contributed by atoms with Gasteiger partial charge in [0, 0.05) is 37.2 Å². The van der Waals surface area contributed by atoms with E-state index in [4.69, 9.17) is 11.6 Å². The number of carbonyl (C=O) groups is 3. The highest BCUT2D eigenvalue weighted by molar-refractivity contribution is 6.34. The van der Waals surface area contributed by atoms with Crippen molar-refractivity contribution in [1.29, 1.82) is 0 Å². The summed E-state index contributed by atoms with van der Waals surface area (Å²) < 4.78 is 1.67. The van der Waals surface area contributed by atoms with Gasteiger partial charge in [-0.2, -0.15) is 5.10 Å². The van der Waals surface area contributed by atoms with Crippen molar-refractivity contribution in [2.24, 2.45) is 0 Å². The van der Waals surface area contributed by atoms with Gasteiger partial charge in [-0.3, -0.25) is 4.79 Å². The minimum absolute atomic E-state index is 0.0649. The molecule has 1 aliphatic heterocycles. The maximum absolute atomic E-state index is 13.6. The van der Waals surface area contributed by atoms with Gasteiger partial charge in [-0.15, -0.1) is 0 Å². The number of aldehydes is 1. The van der Waals surface area contributed by atoms with Crippen molar-refractivity contribution in [3.8, 4) is 5.69 Å². The fourth-order valence-electron chi connectivity index (χ4n) is 3.79. The highest BCUT2D eigenvalue weighted by Crippen LogP contribution is 2.30. The number of anilines is 1. The van der Waals surface area contributed by atoms with Crippen LogP contribution in [0.1, 0.15) is 22.8 Å². The summed E-state index contributed by atoms with van der Waals surface area (Å²) in [6.45, 7) is 2.40. The largest absolute Gasteiger partial charge is 0.331 e. The minimum atomic E-state index is -0.352. The molecule has 1 N–H and O–H groups in total. The molecule has 1 aromatic heterocycles. The summed E-state index contributed by atoms with van der Waals surface area (Å²) >= 11 is 6.50. The number of urea groups is 1. The third-order valence-corrected chi connectivity index (χ3v) is 5.71. The Labute approximate surface area is 190 Å². The molecule has 8 nitrogen and oxygen atoms in total. The maximum Gasteiger partial charge on any atom is 0.318 e. The summed E-state index contributed by atoms with van der Waals surface area (Å²) in [5.41, 5.74) is 2.67. The van der Waals surface area contributed by atoms with Gasteiger partial charge in [0.1, 0.15) is 6.29 Å². The Morgan fingerprint density at radius 3 is 2.75 bits per heavy atom. The third-order valence-electron chi connectivity index (χ3n) is 5.40. The van der Waals surface area contributed by atoms with Gasteiger partial charge in [-0.1, -0.05) is 29.8 Å². The van der Waals surface area contributed by atoms with Gasteiger partial charge in [0.15, 0.2) is 0 Å². The first-order valence-electron chi connectivity index (χ1n) is 10.2. The number of hydrogen-bond donors (Lipinski definition) is 1. The van der Waals surface area contributed by atoms with E-state index in [1.54, 1.807) is 51.1 Å². The molecule has 1 atom stereocenters. The molecule has 9 heteroatoms. The monoisotopic (exact) mass is 451 g/mol. The predicted octanol–water partition coefficient (Wildman–Crippen LogP) is 3.29. The van der Waals surface area contributed by atoms with E-state index < -0.39 is 0 Å². The number of aromatic nitrogens is 2. The molecule has 1 aliphatic rings. The molecule has 0 unspecified atom stereocenters. The second-order valence-corrected chi connectivity index (χ2v) is 7.90. The number of hydrogen-bond acceptors (Lipinski definition) is 4. The molecule has 164 valence electrons. The Kier molecular flexibility index (Phi) is 6.23. The van der Waals surface area contributed by atoms with Gasteiger partial charge in [0.2, 0.25) is 0 Å². The van der Waals surface area contributed by atoms with E-state index >= 15 is 0 Å². The molecule has 0 bridgehead atoms. The number of nitrogens with one attached hydrogen (secondary N) is 1. The molecule has 2 aromatic carbocycles. The Morgan fingerprint density at radius 2 is 2.03 bits per heavy atom. The smallest absolute Gasteiger partial charge is 0.318 e. The number of fused-ring (bicyclic) bond motifs is 1. The quantitative estimate of drug-likeness (QED) is 0.616. The van der Waals surface area contributed by atoms with Crippen molar-refractivity contribution in [2.75, 3.05) is 18.0 Å². The second-order valence-electron chi connectivity index (χ2n) is 7.49. The standard InChI is InChI=1S/C23H22ClN5O3/c1-16-14-28(21-6-3-2-5-17(21)15-27(16)23(32)25-10-12-30)22(31)19-8-7-18(13-20(19)24)29-11-4-9-26-29/h2-9,11-13,16H,10,14-15H2,1H3,(H,25,32)/t16-/m1/s1. The first-order chi connectivity index (χ1) is 15.5. The lowest BCUT2D eigenvalue weighted by atomic mass is 10.1. The van der Waals surface area contributed by atoms with Crippen LogP contribution in [0.15, 0.2) is 60.9 Å². The zero-order valence-electron chi connectivity index (χ0n) is 17.4. The van der Waals surface area contributed by atoms with Gasteiger partial charge >= 0.3 is 6.03 Å². The van der Waals surface area contributed by atoms with Crippen LogP contribution in [0.25, 0.3) is 5.69 Å². The first kappa shape index (κ1) is 21.6. The first-order valence-corrected chi connectivity index (χ1v) is 10.5. The molecule has 32 heavy (non-hydrogen) atoms. The lowest BCUT2D eigenvalue weighted by molar-refractivity contribution is -0.107. The third kappa shape index (κ3) is 4.22. The van der Waals surface area contributed by atoms with E-state index in [-0.39, 0.29) is 31.1 Å². The molecule has 0 saturated carbocycles. The zero-order valence-corrected chi connectivity index (χ0v) is 18.2. The number of rotatable bonds is 4. The van der Waals surface area contributed by atoms with E-state index in [0.29, 0.717) is 23.4 Å². The van der Waals surface area contributed by atoms with Crippen LogP contribution in [0, 0.1) is 0 Å². The van der Waals surface area contributed by atoms with Gasteiger partial charge in [0.05, 0.1) is 22.8 Å². The molecule has 3 aromatic rings. The molecule has 4 rings (SSSR count). The van der Waals surface area contributed by atoms with Crippen LogP contribution in [0.3, 0.4) is 0 Å². The van der Waals surface area contributed by atoms with E-state index in [0.717, 1.165) is 16.9 Å². The van der Waals surface area contributed by atoms with Crippen LogP contribution in [0.2, 0.25) is 5.02 Å². The summed E-state index contributed by atoms with van der Waals surface area (Å²) in [5.74, 6) is -0.253. The van der Waals surface area contributed by atoms with E-state index in [1.807, 2.05) is 31.2 Å². The predicted molar refractivity (Wildman–Crippen MR) is 121 cm³/mol. The van der Waals surface area contributed by atoms with Crippen LogP contribution in [-0.4, -0.2) is 52.0 Å². The van der Waals surface area contributed by atoms with Crippen LogP contribution < -0.4 is 10.2 Å². The Balaban J connectivity index is 1.66. The highest BCUT2D eigenvalue weighted by atomic mass is 35.5. The fraction of sp³-hybridized carbons (Fsp3) is 0.217. The lowest BCUT2D eigenvalue weighted by Gasteiger charge is -2.29. The summed E-state index contributed by atoms with van der Waals surface area (Å²) in [4.78, 5) is 40.1. The number of halogens is 1. The van der Waals surface area contributed by atoms with Crippen LogP contribution in [-0.2, 0) is 11.3 Å². The average Bonchev–Trinajstić information content (AvgIpc) is 3.29. The molecular formula is C23H22ClN5O3. The van der Waals surface area contributed by atoms with Crippen LogP contribution in [0.5, 0.6) is 0 Å². The molecule has 0 fully saturated rings. The number of benzene rings is 2. The van der Waals surface area contributed by atoms with E-state index in [1.165, 1.54) is 0 Å². The van der Waals surface area contributed by atoms with Crippen molar-refractivity contribution in [3.63, 3.8) is 0 Å². The number of para-hydroxylation sites is 1. The van der Waals surface area contributed by atoms with Gasteiger partial charge < -0.3 is 19.9 Å². The lowest BCUT2D eigenvalue weighted by Crippen LogP contribution is -2.48. The SMILES string of the molecule is C[C@@H]1CN(C(=O)c2ccc(-n3cccn3)cc2Cl)c2ccccc2CN1C(=O)NCC=O. The summed E-state index contributed by atoms with van der Waals surface area (Å²) in [5, 5.41) is 7.09. The van der Waals surface area contributed by atoms with E-state index in [9.17, 15) is 14.4 Å². The number of amides is 3. The van der Waals surface area contributed by atoms with E-state index in [2.05, 4.69) is 10.4 Å². The van der Waals surface area contributed by atoms with Crippen molar-refractivity contribution >= 4 is 35.5 Å². The summed E-state index contributed by atoms with van der Waals surface area (Å²) in [6.07, 6.45) is 4.10.